The van der Waals surface area contributed by atoms with Gasteiger partial charge in [-0.15, -0.1) is 0 Å². The first-order chi connectivity index (χ1) is 9.04. The van der Waals surface area contributed by atoms with Gasteiger partial charge in [0.25, 0.3) is 0 Å². The molecule has 1 rings (SSSR count). The van der Waals surface area contributed by atoms with Crippen LogP contribution in [0, 0.1) is 0 Å². The van der Waals surface area contributed by atoms with E-state index in [1.54, 1.807) is 32.9 Å². The lowest BCUT2D eigenvalue weighted by atomic mass is 10.2. The fourth-order valence-electron chi connectivity index (χ4n) is 1.33. The van der Waals surface area contributed by atoms with Crippen molar-refractivity contribution in [1.29, 1.82) is 0 Å². The molecule has 1 aromatic carbocycles. The van der Waals surface area contributed by atoms with Crippen LogP contribution < -0.4 is 5.73 Å². The topological polar surface area (TPSA) is 86.5 Å². The molecule has 1 aromatic rings. The molecule has 0 aliphatic carbocycles. The Labute approximate surface area is 127 Å². The van der Waals surface area contributed by atoms with Crippen molar-refractivity contribution in [2.75, 3.05) is 18.1 Å². The van der Waals surface area contributed by atoms with Gasteiger partial charge in [-0.1, -0.05) is 0 Å². The Morgan fingerprint density at radius 1 is 1.35 bits per heavy atom. The number of halogens is 1. The summed E-state index contributed by atoms with van der Waals surface area (Å²) >= 11 is 3.22. The largest absolute Gasteiger partial charge is 0.461 e. The van der Waals surface area contributed by atoms with Crippen molar-refractivity contribution in [3.05, 3.63) is 28.2 Å². The molecule has 5 nitrogen and oxygen atoms in total. The number of hydrogen-bond acceptors (Lipinski definition) is 5. The van der Waals surface area contributed by atoms with Gasteiger partial charge in [-0.05, 0) is 54.9 Å². The molecular formula is C13H18BrNO4S. The number of carbonyl (C=O) groups is 1. The first kappa shape index (κ1) is 17.0. The van der Waals surface area contributed by atoms with Gasteiger partial charge in [0.05, 0.1) is 16.1 Å². The molecule has 0 aliphatic rings. The van der Waals surface area contributed by atoms with Gasteiger partial charge in [-0.2, -0.15) is 0 Å². The molecule has 0 bridgehead atoms. The number of ether oxygens (including phenoxy) is 1. The van der Waals surface area contributed by atoms with E-state index >= 15 is 0 Å². The Morgan fingerprint density at radius 2 is 1.95 bits per heavy atom. The van der Waals surface area contributed by atoms with E-state index in [-0.39, 0.29) is 17.9 Å². The minimum atomic E-state index is -3.31. The maximum absolute atomic E-state index is 11.9. The lowest BCUT2D eigenvalue weighted by Gasteiger charge is -2.18. The number of anilines is 1. The van der Waals surface area contributed by atoms with Gasteiger partial charge < -0.3 is 10.5 Å². The summed E-state index contributed by atoms with van der Waals surface area (Å²) in [6, 6.07) is 4.76. The van der Waals surface area contributed by atoms with Crippen molar-refractivity contribution in [3.8, 4) is 0 Å². The van der Waals surface area contributed by atoms with E-state index in [1.165, 1.54) is 6.07 Å². The van der Waals surface area contributed by atoms with Gasteiger partial charge >= 0.3 is 5.97 Å². The molecule has 7 heteroatoms. The molecule has 0 fully saturated rings. The second-order valence-electron chi connectivity index (χ2n) is 5.31. The monoisotopic (exact) mass is 363 g/mol. The zero-order valence-corrected chi connectivity index (χ0v) is 14.0. The number of carbonyl (C=O) groups excluding carboxylic acids is 1. The zero-order chi connectivity index (χ0) is 15.6. The van der Waals surface area contributed by atoms with Crippen molar-refractivity contribution in [3.63, 3.8) is 0 Å². The predicted octanol–water partition coefficient (Wildman–Crippen LogP) is 2.40. The van der Waals surface area contributed by atoms with Crippen molar-refractivity contribution in [1.82, 2.24) is 0 Å². The molecule has 0 aliphatic heterocycles. The van der Waals surface area contributed by atoms with E-state index in [4.69, 9.17) is 10.5 Å². The Hall–Kier alpha value is -1.08. The van der Waals surface area contributed by atoms with Crippen LogP contribution in [0.2, 0.25) is 0 Å². The van der Waals surface area contributed by atoms with Crippen LogP contribution in [0.5, 0.6) is 0 Å². The number of benzene rings is 1. The first-order valence-electron chi connectivity index (χ1n) is 5.99. The van der Waals surface area contributed by atoms with Gasteiger partial charge in [0.2, 0.25) is 0 Å². The number of esters is 1. The minimum Gasteiger partial charge on any atom is -0.461 e. The summed E-state index contributed by atoms with van der Waals surface area (Å²) in [6.45, 7) is 4.65. The van der Waals surface area contributed by atoms with Crippen molar-refractivity contribution in [2.24, 2.45) is 0 Å². The number of nitrogens with two attached hydrogens (primary N) is 1. The summed E-state index contributed by atoms with van der Waals surface area (Å²) < 4.78 is 28.4. The molecule has 20 heavy (non-hydrogen) atoms. The Morgan fingerprint density at radius 3 is 2.50 bits per heavy atom. The Kier molecular flexibility index (Phi) is 5.21. The maximum atomic E-state index is 11.9. The van der Waals surface area contributed by atoms with Crippen LogP contribution in [-0.2, 0) is 14.6 Å². The van der Waals surface area contributed by atoms with Crippen LogP contribution in [0.3, 0.4) is 0 Å². The highest BCUT2D eigenvalue weighted by Crippen LogP contribution is 2.21. The van der Waals surface area contributed by atoms with Gasteiger partial charge in [0.1, 0.15) is 6.61 Å². The van der Waals surface area contributed by atoms with Crippen LogP contribution in [0.25, 0.3) is 0 Å². The quantitative estimate of drug-likeness (QED) is 0.655. The summed E-state index contributed by atoms with van der Waals surface area (Å²) in [5, 5.41) is 0. The summed E-state index contributed by atoms with van der Waals surface area (Å²) in [5.41, 5.74) is 6.30. The molecule has 0 saturated carbocycles. The van der Waals surface area contributed by atoms with Gasteiger partial charge in [0, 0.05) is 10.2 Å². The molecule has 0 spiro atoms. The fourth-order valence-corrected chi connectivity index (χ4v) is 2.65. The van der Waals surface area contributed by atoms with Crippen LogP contribution >= 0.6 is 15.9 Å². The first-order valence-corrected chi connectivity index (χ1v) is 8.43. The molecule has 0 atom stereocenters. The average Bonchev–Trinajstić information content (AvgIpc) is 2.30. The highest BCUT2D eigenvalue weighted by molar-refractivity contribution is 9.10. The molecule has 0 unspecified atom stereocenters. The highest BCUT2D eigenvalue weighted by Gasteiger charge is 2.29. The number of sulfone groups is 1. The molecule has 0 radical (unpaired) electrons. The predicted molar refractivity (Wildman–Crippen MR) is 82.4 cm³/mol. The molecule has 0 aromatic heterocycles. The summed E-state index contributed by atoms with van der Waals surface area (Å²) in [4.78, 5) is 11.9. The lowest BCUT2D eigenvalue weighted by Crippen LogP contribution is -2.32. The maximum Gasteiger partial charge on any atom is 0.339 e. The minimum absolute atomic E-state index is 0.181. The van der Waals surface area contributed by atoms with Crippen LogP contribution in [0.4, 0.5) is 5.69 Å². The SMILES string of the molecule is CC(C)(C)S(=O)(=O)CCOC(=O)c1cc(N)ccc1Br. The third kappa shape index (κ3) is 4.21. The molecule has 112 valence electrons. The summed E-state index contributed by atoms with van der Waals surface area (Å²) in [7, 11) is -3.31. The molecular weight excluding hydrogens is 346 g/mol. The molecule has 0 amide bonds. The van der Waals surface area contributed by atoms with E-state index in [0.717, 1.165) is 0 Å². The third-order valence-electron chi connectivity index (χ3n) is 2.73. The lowest BCUT2D eigenvalue weighted by molar-refractivity contribution is 0.0528. The fraction of sp³-hybridized carbons (Fsp3) is 0.462. The van der Waals surface area contributed by atoms with E-state index < -0.39 is 20.6 Å². The van der Waals surface area contributed by atoms with Gasteiger partial charge in [-0.25, -0.2) is 13.2 Å². The summed E-state index contributed by atoms with van der Waals surface area (Å²) in [6.07, 6.45) is 0. The number of hydrogen-bond donors (Lipinski definition) is 1. The summed E-state index contributed by atoms with van der Waals surface area (Å²) in [5.74, 6) is -0.810. The number of nitrogen functional groups attached to an aromatic ring is 1. The zero-order valence-electron chi connectivity index (χ0n) is 11.6. The van der Waals surface area contributed by atoms with Crippen LogP contribution in [0.1, 0.15) is 31.1 Å². The van der Waals surface area contributed by atoms with Gasteiger partial charge in [-0.3, -0.25) is 0 Å². The molecule has 0 heterocycles. The van der Waals surface area contributed by atoms with Crippen molar-refractivity contribution in [2.45, 2.75) is 25.5 Å². The van der Waals surface area contributed by atoms with Crippen LogP contribution in [0.15, 0.2) is 22.7 Å². The normalized spacial score (nSPS) is 12.2. The average molecular weight is 364 g/mol. The smallest absolute Gasteiger partial charge is 0.339 e. The van der Waals surface area contributed by atoms with Crippen molar-refractivity contribution >= 4 is 37.4 Å². The Balaban J connectivity index is 2.68. The van der Waals surface area contributed by atoms with E-state index in [0.29, 0.717) is 10.2 Å². The van der Waals surface area contributed by atoms with E-state index in [9.17, 15) is 13.2 Å². The second kappa shape index (κ2) is 6.13. The molecule has 0 saturated heterocycles. The number of rotatable bonds is 4. The second-order valence-corrected chi connectivity index (χ2v) is 9.02. The third-order valence-corrected chi connectivity index (χ3v) is 5.99. The molecule has 2 N–H and O–H groups in total. The van der Waals surface area contributed by atoms with E-state index in [1.807, 2.05) is 0 Å². The van der Waals surface area contributed by atoms with E-state index in [2.05, 4.69) is 15.9 Å². The van der Waals surface area contributed by atoms with Gasteiger partial charge in [0.15, 0.2) is 9.84 Å². The highest BCUT2D eigenvalue weighted by atomic mass is 79.9. The standard InChI is InChI=1S/C13H18BrNO4S/c1-13(2,3)20(17,18)7-6-19-12(16)10-8-9(15)4-5-11(10)14/h4-5,8H,6-7,15H2,1-3H3. The Bertz CT molecular complexity index is 605. The van der Waals surface area contributed by atoms with Crippen LogP contribution in [-0.4, -0.2) is 31.5 Å². The van der Waals surface area contributed by atoms with Crippen molar-refractivity contribution < 1.29 is 17.9 Å².